The molecule has 9 heteroatoms. The molecule has 0 saturated heterocycles. The van der Waals surface area contributed by atoms with E-state index in [0.29, 0.717) is 27.3 Å². The lowest BCUT2D eigenvalue weighted by Crippen LogP contribution is -2.14. The summed E-state index contributed by atoms with van der Waals surface area (Å²) >= 11 is 7.00. The van der Waals surface area contributed by atoms with Crippen molar-refractivity contribution in [2.75, 3.05) is 17.7 Å². The van der Waals surface area contributed by atoms with Crippen LogP contribution in [0.1, 0.15) is 20.8 Å². The number of thiazole rings is 1. The number of carbonyl (C=O) groups is 2. The predicted molar refractivity (Wildman–Crippen MR) is 100 cm³/mol. The Balaban J connectivity index is 1.65. The van der Waals surface area contributed by atoms with Gasteiger partial charge in [-0.05, 0) is 36.4 Å². The van der Waals surface area contributed by atoms with Gasteiger partial charge in [-0.1, -0.05) is 11.6 Å². The zero-order valence-corrected chi connectivity index (χ0v) is 15.1. The van der Waals surface area contributed by atoms with Crippen molar-refractivity contribution >= 4 is 45.7 Å². The van der Waals surface area contributed by atoms with Crippen LogP contribution in [0.25, 0.3) is 0 Å². The quantitative estimate of drug-likeness (QED) is 0.695. The second-order valence-corrected chi connectivity index (χ2v) is 6.33. The molecular formula is C17H13ClN4O3S. The van der Waals surface area contributed by atoms with Gasteiger partial charge < -0.3 is 10.1 Å². The summed E-state index contributed by atoms with van der Waals surface area (Å²) in [5.41, 5.74) is 0.622. The number of nitrogens with one attached hydrogen (secondary N) is 2. The Labute approximate surface area is 158 Å². The lowest BCUT2D eigenvalue weighted by Gasteiger charge is -2.03. The molecule has 0 fully saturated rings. The molecule has 0 saturated carbocycles. The molecule has 2 heterocycles. The van der Waals surface area contributed by atoms with E-state index in [1.807, 2.05) is 0 Å². The summed E-state index contributed by atoms with van der Waals surface area (Å²) in [4.78, 5) is 32.5. The van der Waals surface area contributed by atoms with Gasteiger partial charge >= 0.3 is 0 Å². The first-order valence-corrected chi connectivity index (χ1v) is 8.65. The topological polar surface area (TPSA) is 93.2 Å². The van der Waals surface area contributed by atoms with E-state index in [9.17, 15) is 9.59 Å². The third kappa shape index (κ3) is 4.35. The molecular weight excluding hydrogens is 376 g/mol. The number of halogens is 1. The Morgan fingerprint density at radius 1 is 1.12 bits per heavy atom. The highest BCUT2D eigenvalue weighted by molar-refractivity contribution is 7.14. The number of anilines is 2. The second-order valence-electron chi connectivity index (χ2n) is 5.03. The SMILES string of the molecule is COc1ccc(C(=O)Nc2nc(C(=O)Nc3cc(Cl)ccn3)cs2)cc1. The number of ether oxygens (including phenoxy) is 1. The Bertz CT molecular complexity index is 943. The van der Waals surface area contributed by atoms with Crippen LogP contribution in [0, 0.1) is 0 Å². The minimum absolute atomic E-state index is 0.168. The summed E-state index contributed by atoms with van der Waals surface area (Å²) in [5.74, 6) is 0.204. The molecule has 0 atom stereocenters. The van der Waals surface area contributed by atoms with Crippen molar-refractivity contribution in [3.63, 3.8) is 0 Å². The summed E-state index contributed by atoms with van der Waals surface area (Å²) in [5, 5.41) is 7.57. The molecule has 2 aromatic heterocycles. The molecule has 26 heavy (non-hydrogen) atoms. The first kappa shape index (κ1) is 17.8. The summed E-state index contributed by atoms with van der Waals surface area (Å²) < 4.78 is 5.05. The monoisotopic (exact) mass is 388 g/mol. The van der Waals surface area contributed by atoms with E-state index in [-0.39, 0.29) is 11.6 Å². The first-order valence-electron chi connectivity index (χ1n) is 7.39. The molecule has 0 spiro atoms. The minimum Gasteiger partial charge on any atom is -0.497 e. The zero-order chi connectivity index (χ0) is 18.5. The van der Waals surface area contributed by atoms with Crippen LogP contribution in [-0.2, 0) is 0 Å². The molecule has 0 radical (unpaired) electrons. The summed E-state index contributed by atoms with van der Waals surface area (Å²) in [6, 6.07) is 9.78. The van der Waals surface area contributed by atoms with E-state index in [1.165, 1.54) is 12.3 Å². The number of rotatable bonds is 5. The number of pyridine rings is 1. The van der Waals surface area contributed by atoms with Gasteiger partial charge in [0, 0.05) is 22.2 Å². The lowest BCUT2D eigenvalue weighted by molar-refractivity contribution is 0.101. The van der Waals surface area contributed by atoms with Gasteiger partial charge in [-0.25, -0.2) is 9.97 Å². The van der Waals surface area contributed by atoms with Gasteiger partial charge in [0.2, 0.25) is 0 Å². The number of hydrogen-bond donors (Lipinski definition) is 2. The summed E-state index contributed by atoms with van der Waals surface area (Å²) in [6.07, 6.45) is 1.49. The van der Waals surface area contributed by atoms with Gasteiger partial charge in [-0.3, -0.25) is 14.9 Å². The van der Waals surface area contributed by atoms with Gasteiger partial charge in [0.15, 0.2) is 5.13 Å². The summed E-state index contributed by atoms with van der Waals surface area (Å²) in [6.45, 7) is 0. The van der Waals surface area contributed by atoms with Crippen LogP contribution < -0.4 is 15.4 Å². The maximum absolute atomic E-state index is 12.2. The van der Waals surface area contributed by atoms with E-state index < -0.39 is 5.91 Å². The molecule has 0 aliphatic carbocycles. The fraction of sp³-hybridized carbons (Fsp3) is 0.0588. The molecule has 0 bridgehead atoms. The van der Waals surface area contributed by atoms with Gasteiger partial charge in [-0.15, -0.1) is 11.3 Å². The average molecular weight is 389 g/mol. The van der Waals surface area contributed by atoms with E-state index in [0.717, 1.165) is 11.3 Å². The fourth-order valence-corrected chi connectivity index (χ4v) is 2.85. The maximum atomic E-state index is 12.2. The van der Waals surface area contributed by atoms with E-state index in [2.05, 4.69) is 20.6 Å². The minimum atomic E-state index is -0.444. The van der Waals surface area contributed by atoms with Gasteiger partial charge in [0.1, 0.15) is 17.3 Å². The van der Waals surface area contributed by atoms with Crippen LogP contribution in [0.2, 0.25) is 5.02 Å². The second kappa shape index (κ2) is 7.94. The van der Waals surface area contributed by atoms with Crippen molar-refractivity contribution in [2.24, 2.45) is 0 Å². The highest BCUT2D eigenvalue weighted by Crippen LogP contribution is 2.19. The van der Waals surface area contributed by atoms with E-state index in [1.54, 1.807) is 42.8 Å². The molecule has 2 N–H and O–H groups in total. The molecule has 3 rings (SSSR count). The largest absolute Gasteiger partial charge is 0.497 e. The van der Waals surface area contributed by atoms with Crippen molar-refractivity contribution in [1.82, 2.24) is 9.97 Å². The maximum Gasteiger partial charge on any atom is 0.276 e. The first-order chi connectivity index (χ1) is 12.5. The number of benzene rings is 1. The Morgan fingerprint density at radius 2 is 1.88 bits per heavy atom. The molecule has 0 unspecified atom stereocenters. The lowest BCUT2D eigenvalue weighted by atomic mass is 10.2. The molecule has 2 amide bonds. The highest BCUT2D eigenvalue weighted by atomic mass is 35.5. The predicted octanol–water partition coefficient (Wildman–Crippen LogP) is 3.70. The third-order valence-corrected chi connectivity index (χ3v) is 4.27. The Kier molecular flexibility index (Phi) is 5.45. The number of hydrogen-bond acceptors (Lipinski definition) is 6. The zero-order valence-electron chi connectivity index (χ0n) is 13.5. The number of methoxy groups -OCH3 is 1. The number of carbonyl (C=O) groups excluding carboxylic acids is 2. The smallest absolute Gasteiger partial charge is 0.276 e. The fourth-order valence-electron chi connectivity index (χ4n) is 2.00. The van der Waals surface area contributed by atoms with Crippen molar-refractivity contribution in [3.8, 4) is 5.75 Å². The van der Waals surface area contributed by atoms with Gasteiger partial charge in [0.25, 0.3) is 11.8 Å². The summed E-state index contributed by atoms with van der Waals surface area (Å²) in [7, 11) is 1.55. The van der Waals surface area contributed by atoms with Crippen molar-refractivity contribution < 1.29 is 14.3 Å². The van der Waals surface area contributed by atoms with Crippen LogP contribution in [0.3, 0.4) is 0 Å². The highest BCUT2D eigenvalue weighted by Gasteiger charge is 2.14. The van der Waals surface area contributed by atoms with Crippen molar-refractivity contribution in [2.45, 2.75) is 0 Å². The normalized spacial score (nSPS) is 10.2. The van der Waals surface area contributed by atoms with Gasteiger partial charge in [0.05, 0.1) is 7.11 Å². The molecule has 7 nitrogen and oxygen atoms in total. The number of amides is 2. The van der Waals surface area contributed by atoms with Crippen LogP contribution >= 0.6 is 22.9 Å². The third-order valence-electron chi connectivity index (χ3n) is 3.27. The number of aromatic nitrogens is 2. The Morgan fingerprint density at radius 3 is 2.58 bits per heavy atom. The van der Waals surface area contributed by atoms with Gasteiger partial charge in [-0.2, -0.15) is 0 Å². The standard InChI is InChI=1S/C17H13ClN4O3S/c1-25-12-4-2-10(3-5-12)15(23)22-17-20-13(9-26-17)16(24)21-14-8-11(18)6-7-19-14/h2-9H,1H3,(H,19,21,24)(H,20,22,23). The van der Waals surface area contributed by atoms with Crippen LogP contribution in [0.15, 0.2) is 48.0 Å². The molecule has 1 aromatic carbocycles. The van der Waals surface area contributed by atoms with Crippen LogP contribution in [0.5, 0.6) is 5.75 Å². The van der Waals surface area contributed by atoms with Crippen LogP contribution in [0.4, 0.5) is 10.9 Å². The van der Waals surface area contributed by atoms with Crippen LogP contribution in [-0.4, -0.2) is 28.9 Å². The van der Waals surface area contributed by atoms with E-state index in [4.69, 9.17) is 16.3 Å². The molecule has 0 aliphatic rings. The molecule has 0 aliphatic heterocycles. The average Bonchev–Trinajstić information content (AvgIpc) is 3.10. The van der Waals surface area contributed by atoms with Crippen molar-refractivity contribution in [3.05, 3.63) is 64.3 Å². The van der Waals surface area contributed by atoms with E-state index >= 15 is 0 Å². The Hall–Kier alpha value is -2.97. The molecule has 132 valence electrons. The number of nitrogens with zero attached hydrogens (tertiary/aromatic N) is 2. The molecule has 3 aromatic rings. The van der Waals surface area contributed by atoms with Crippen molar-refractivity contribution in [1.29, 1.82) is 0 Å².